The van der Waals surface area contributed by atoms with Crippen molar-refractivity contribution in [2.45, 2.75) is 6.42 Å². The zero-order valence-electron chi connectivity index (χ0n) is 6.91. The molecule has 12 heavy (non-hydrogen) atoms. The fraction of sp³-hybridized carbons (Fsp3) is 0.667. The molecular weight excluding hydrogens is 160 g/mol. The molecule has 0 saturated carbocycles. The highest BCUT2D eigenvalue weighted by Gasteiger charge is 2.04. The molecule has 0 aliphatic rings. The average molecular weight is 172 g/mol. The Labute approximate surface area is 69.3 Å². The van der Waals surface area contributed by atoms with E-state index in [2.05, 4.69) is 14.7 Å². The summed E-state index contributed by atoms with van der Waals surface area (Å²) >= 11 is 0. The average Bonchev–Trinajstić information content (AvgIpc) is 2.47. The highest BCUT2D eigenvalue weighted by Crippen LogP contribution is 1.99. The number of rotatable bonds is 4. The van der Waals surface area contributed by atoms with Crippen LogP contribution in [-0.4, -0.2) is 30.3 Å². The standard InChI is InChI=1S/C6H12N4O2/c1-10(4-2-3-7)5-8-6(11)12-9-5/h2-4,7H2,1H3,(H,8,9,11). The molecule has 1 aromatic rings. The van der Waals surface area contributed by atoms with Crippen LogP contribution in [0.25, 0.3) is 0 Å². The molecule has 1 heterocycles. The molecule has 0 unspecified atom stereocenters. The molecule has 1 aromatic heterocycles. The van der Waals surface area contributed by atoms with Gasteiger partial charge in [-0.25, -0.2) is 4.79 Å². The van der Waals surface area contributed by atoms with Gasteiger partial charge in [0, 0.05) is 13.6 Å². The first kappa shape index (κ1) is 8.79. The summed E-state index contributed by atoms with van der Waals surface area (Å²) in [5, 5.41) is 3.51. The van der Waals surface area contributed by atoms with E-state index in [-0.39, 0.29) is 0 Å². The van der Waals surface area contributed by atoms with Gasteiger partial charge in [0.15, 0.2) is 0 Å². The predicted octanol–water partition coefficient (Wildman–Crippen LogP) is -0.852. The van der Waals surface area contributed by atoms with Gasteiger partial charge in [-0.05, 0) is 18.1 Å². The van der Waals surface area contributed by atoms with Crippen LogP contribution in [0.15, 0.2) is 9.32 Å². The Balaban J connectivity index is 2.53. The first-order valence-corrected chi connectivity index (χ1v) is 3.71. The zero-order valence-corrected chi connectivity index (χ0v) is 6.91. The third kappa shape index (κ3) is 2.09. The number of hydrogen-bond donors (Lipinski definition) is 2. The molecule has 68 valence electrons. The van der Waals surface area contributed by atoms with Crippen molar-refractivity contribution < 1.29 is 4.52 Å². The van der Waals surface area contributed by atoms with Crippen LogP contribution >= 0.6 is 0 Å². The molecule has 3 N–H and O–H groups in total. The van der Waals surface area contributed by atoms with Crippen molar-refractivity contribution in [3.05, 3.63) is 10.6 Å². The Morgan fingerprint density at radius 2 is 2.50 bits per heavy atom. The quantitative estimate of drug-likeness (QED) is 0.617. The molecule has 6 heteroatoms. The smallest absolute Gasteiger partial charge is 0.343 e. The maximum absolute atomic E-state index is 10.5. The molecule has 0 atom stereocenters. The summed E-state index contributed by atoms with van der Waals surface area (Å²) in [5.41, 5.74) is 5.32. The number of nitrogens with zero attached hydrogens (tertiary/aromatic N) is 2. The topological polar surface area (TPSA) is 88.2 Å². The molecule has 0 bridgehead atoms. The lowest BCUT2D eigenvalue weighted by Gasteiger charge is -2.12. The second-order valence-electron chi connectivity index (χ2n) is 2.48. The van der Waals surface area contributed by atoms with Crippen LogP contribution in [0.2, 0.25) is 0 Å². The lowest BCUT2D eigenvalue weighted by Crippen LogP contribution is -2.22. The number of hydrogen-bond acceptors (Lipinski definition) is 5. The summed E-state index contributed by atoms with van der Waals surface area (Å²) in [7, 11) is 1.81. The van der Waals surface area contributed by atoms with Crippen LogP contribution in [0.3, 0.4) is 0 Å². The van der Waals surface area contributed by atoms with E-state index < -0.39 is 5.76 Å². The van der Waals surface area contributed by atoms with Crippen molar-refractivity contribution in [1.82, 2.24) is 10.1 Å². The summed E-state index contributed by atoms with van der Waals surface area (Å²) in [4.78, 5) is 14.7. The fourth-order valence-corrected chi connectivity index (χ4v) is 0.821. The second-order valence-corrected chi connectivity index (χ2v) is 2.48. The van der Waals surface area contributed by atoms with Crippen LogP contribution in [0.1, 0.15) is 6.42 Å². The fourth-order valence-electron chi connectivity index (χ4n) is 0.821. The van der Waals surface area contributed by atoms with Gasteiger partial charge < -0.3 is 10.6 Å². The molecule has 6 nitrogen and oxygen atoms in total. The number of aromatic amines is 1. The van der Waals surface area contributed by atoms with Gasteiger partial charge in [0.2, 0.25) is 5.95 Å². The van der Waals surface area contributed by atoms with E-state index >= 15 is 0 Å². The van der Waals surface area contributed by atoms with Crippen molar-refractivity contribution in [2.24, 2.45) is 5.73 Å². The van der Waals surface area contributed by atoms with Crippen LogP contribution in [0, 0.1) is 0 Å². The molecule has 0 fully saturated rings. The van der Waals surface area contributed by atoms with Gasteiger partial charge in [0.1, 0.15) is 0 Å². The summed E-state index contributed by atoms with van der Waals surface area (Å²) in [6, 6.07) is 0. The monoisotopic (exact) mass is 172 g/mol. The van der Waals surface area contributed by atoms with Crippen molar-refractivity contribution in [1.29, 1.82) is 0 Å². The minimum atomic E-state index is -0.537. The number of nitrogens with two attached hydrogens (primary N) is 1. The molecule has 0 aliphatic heterocycles. The maximum Gasteiger partial charge on any atom is 0.440 e. The van der Waals surface area contributed by atoms with E-state index in [0.717, 1.165) is 13.0 Å². The highest BCUT2D eigenvalue weighted by atomic mass is 16.5. The number of aromatic nitrogens is 2. The Morgan fingerprint density at radius 1 is 1.75 bits per heavy atom. The third-order valence-corrected chi connectivity index (χ3v) is 1.49. The van der Waals surface area contributed by atoms with E-state index in [1.165, 1.54) is 0 Å². The Kier molecular flexibility index (Phi) is 2.87. The van der Waals surface area contributed by atoms with E-state index in [0.29, 0.717) is 12.5 Å². The molecule has 0 aliphatic carbocycles. The number of H-pyrrole nitrogens is 1. The van der Waals surface area contributed by atoms with E-state index in [4.69, 9.17) is 5.73 Å². The molecule has 0 spiro atoms. The van der Waals surface area contributed by atoms with Gasteiger partial charge in [-0.2, -0.15) is 0 Å². The van der Waals surface area contributed by atoms with E-state index in [1.807, 2.05) is 7.05 Å². The normalized spacial score (nSPS) is 10.2. The highest BCUT2D eigenvalue weighted by molar-refractivity contribution is 5.23. The van der Waals surface area contributed by atoms with Gasteiger partial charge >= 0.3 is 5.76 Å². The van der Waals surface area contributed by atoms with Crippen molar-refractivity contribution in [3.8, 4) is 0 Å². The van der Waals surface area contributed by atoms with Crippen LogP contribution in [0.5, 0.6) is 0 Å². The van der Waals surface area contributed by atoms with Crippen molar-refractivity contribution >= 4 is 5.95 Å². The van der Waals surface area contributed by atoms with Crippen LogP contribution in [-0.2, 0) is 0 Å². The largest absolute Gasteiger partial charge is 0.440 e. The van der Waals surface area contributed by atoms with E-state index in [1.54, 1.807) is 4.90 Å². The van der Waals surface area contributed by atoms with Crippen molar-refractivity contribution in [3.63, 3.8) is 0 Å². The first-order chi connectivity index (χ1) is 5.74. The summed E-state index contributed by atoms with van der Waals surface area (Å²) < 4.78 is 4.33. The lowest BCUT2D eigenvalue weighted by atomic mass is 10.4. The summed E-state index contributed by atoms with van der Waals surface area (Å²) in [5.74, 6) is -0.0990. The van der Waals surface area contributed by atoms with Gasteiger partial charge in [0.05, 0.1) is 0 Å². The molecule has 0 radical (unpaired) electrons. The second kappa shape index (κ2) is 3.91. The minimum Gasteiger partial charge on any atom is -0.343 e. The molecule has 0 aromatic carbocycles. The van der Waals surface area contributed by atoms with Gasteiger partial charge in [-0.3, -0.25) is 9.51 Å². The zero-order chi connectivity index (χ0) is 8.97. The van der Waals surface area contributed by atoms with Crippen LogP contribution in [0.4, 0.5) is 5.95 Å². The van der Waals surface area contributed by atoms with Crippen molar-refractivity contribution in [2.75, 3.05) is 25.0 Å². The van der Waals surface area contributed by atoms with Gasteiger partial charge in [0.25, 0.3) is 0 Å². The summed E-state index contributed by atoms with van der Waals surface area (Å²) in [6.07, 6.45) is 0.853. The molecule has 0 amide bonds. The third-order valence-electron chi connectivity index (χ3n) is 1.49. The number of anilines is 1. The van der Waals surface area contributed by atoms with Gasteiger partial charge in [-0.1, -0.05) is 0 Å². The SMILES string of the molecule is CN(CCCN)c1noc(=O)[nH]1. The Hall–Kier alpha value is -1.30. The first-order valence-electron chi connectivity index (χ1n) is 3.71. The lowest BCUT2D eigenvalue weighted by molar-refractivity contribution is 0.386. The van der Waals surface area contributed by atoms with Crippen LogP contribution < -0.4 is 16.4 Å². The molecular formula is C6H12N4O2. The predicted molar refractivity (Wildman–Crippen MR) is 44.1 cm³/mol. The maximum atomic E-state index is 10.5. The van der Waals surface area contributed by atoms with E-state index in [9.17, 15) is 4.79 Å². The Bertz CT molecular complexity index is 279. The minimum absolute atomic E-state index is 0.438. The van der Waals surface area contributed by atoms with Gasteiger partial charge in [-0.15, -0.1) is 0 Å². The summed E-state index contributed by atoms with van der Waals surface area (Å²) in [6.45, 7) is 1.37. The molecule has 0 saturated heterocycles. The molecule has 1 rings (SSSR count). The Morgan fingerprint density at radius 3 is 3.00 bits per heavy atom. The number of nitrogens with one attached hydrogen (secondary N) is 1.